The fourth-order valence-electron chi connectivity index (χ4n) is 5.19. The molecule has 1 aromatic carbocycles. The van der Waals surface area contributed by atoms with Gasteiger partial charge in [0.1, 0.15) is 15.7 Å². The summed E-state index contributed by atoms with van der Waals surface area (Å²) in [7, 11) is -1.56. The third-order valence-corrected chi connectivity index (χ3v) is 8.63. The number of hydrogen-bond donors (Lipinski definition) is 0. The fourth-order valence-corrected chi connectivity index (χ4v) is 6.66. The Labute approximate surface area is 193 Å². The van der Waals surface area contributed by atoms with Gasteiger partial charge in [-0.1, -0.05) is 0 Å². The van der Waals surface area contributed by atoms with Crippen molar-refractivity contribution >= 4 is 32.7 Å². The largest absolute Gasteiger partial charge is 0.452 e. The number of sulfone groups is 1. The number of rotatable bonds is 4. The maximum Gasteiger partial charge on any atom is 0.414 e. The van der Waals surface area contributed by atoms with Crippen molar-refractivity contribution in [2.75, 3.05) is 23.5 Å². The molecule has 3 aromatic rings. The first-order chi connectivity index (χ1) is 15.9. The van der Waals surface area contributed by atoms with Gasteiger partial charge in [0.25, 0.3) is 0 Å². The minimum Gasteiger partial charge on any atom is -0.452 e. The first kappa shape index (κ1) is 21.9. The van der Waals surface area contributed by atoms with E-state index in [9.17, 15) is 13.2 Å². The standard InChI is InChI=1S/C23H29N5O4S/c1-16-4-5-18-19(27(16)23(29)32-2)6-7-20-22(18)25-21(8-13-26-12-3-11-24-26)28(20)17-9-14-33(30,31)15-10-17/h3,6-7,11-12,16-17H,4-5,8-10,13-15H2,1-2H3/t16-/m0/s1. The maximum atomic E-state index is 12.5. The number of hydrogen-bond acceptors (Lipinski definition) is 6. The average molecular weight is 472 g/mol. The zero-order valence-corrected chi connectivity index (χ0v) is 19.8. The van der Waals surface area contributed by atoms with Crippen LogP contribution in [0.1, 0.15) is 43.6 Å². The second kappa shape index (κ2) is 8.48. The number of methoxy groups -OCH3 is 1. The molecule has 0 spiro atoms. The van der Waals surface area contributed by atoms with Crippen LogP contribution in [0.15, 0.2) is 30.6 Å². The SMILES string of the molecule is COC(=O)N1c2ccc3c(nc(CCn4cccn4)n3C3CCS(=O)(=O)CC3)c2CC[C@@H]1C. The van der Waals surface area contributed by atoms with E-state index in [1.807, 2.05) is 36.0 Å². The number of ether oxygens (including phenoxy) is 1. The zero-order chi connectivity index (χ0) is 23.2. The van der Waals surface area contributed by atoms with Gasteiger partial charge < -0.3 is 9.30 Å². The van der Waals surface area contributed by atoms with E-state index in [4.69, 9.17) is 9.72 Å². The Balaban J connectivity index is 1.60. The van der Waals surface area contributed by atoms with Gasteiger partial charge in [0, 0.05) is 43.0 Å². The Hall–Kier alpha value is -2.88. The van der Waals surface area contributed by atoms with E-state index in [0.717, 1.165) is 41.0 Å². The highest BCUT2D eigenvalue weighted by Gasteiger charge is 2.33. The summed E-state index contributed by atoms with van der Waals surface area (Å²) < 4.78 is 33.3. The molecule has 176 valence electrons. The second-order valence-corrected chi connectivity index (χ2v) is 11.3. The summed E-state index contributed by atoms with van der Waals surface area (Å²) in [5.41, 5.74) is 3.81. The molecule has 0 unspecified atom stereocenters. The summed E-state index contributed by atoms with van der Waals surface area (Å²) in [4.78, 5) is 19.3. The molecule has 1 saturated heterocycles. The van der Waals surface area contributed by atoms with Crippen LogP contribution < -0.4 is 4.90 Å². The van der Waals surface area contributed by atoms with Crippen molar-refractivity contribution in [3.8, 4) is 0 Å². The molecule has 0 bridgehead atoms. The molecular formula is C23H29N5O4S. The number of benzene rings is 1. The summed E-state index contributed by atoms with van der Waals surface area (Å²) in [5.74, 6) is 1.34. The fraction of sp³-hybridized carbons (Fsp3) is 0.522. The molecule has 2 aliphatic rings. The van der Waals surface area contributed by atoms with Crippen molar-refractivity contribution in [2.45, 2.75) is 57.7 Å². The molecule has 1 atom stereocenters. The summed E-state index contributed by atoms with van der Waals surface area (Å²) in [6.07, 6.45) is 6.85. The van der Waals surface area contributed by atoms with Crippen molar-refractivity contribution in [3.63, 3.8) is 0 Å². The molecule has 4 heterocycles. The monoisotopic (exact) mass is 471 g/mol. The van der Waals surface area contributed by atoms with Crippen LogP contribution in [0.5, 0.6) is 0 Å². The summed E-state index contributed by atoms with van der Waals surface area (Å²) in [5, 5.41) is 4.31. The van der Waals surface area contributed by atoms with Gasteiger partial charge in [0.15, 0.2) is 0 Å². The van der Waals surface area contributed by atoms with Crippen molar-refractivity contribution in [1.82, 2.24) is 19.3 Å². The topological polar surface area (TPSA) is 99.3 Å². The van der Waals surface area contributed by atoms with Crippen LogP contribution in [0, 0.1) is 0 Å². The molecule has 0 aliphatic carbocycles. The van der Waals surface area contributed by atoms with Gasteiger partial charge in [-0.15, -0.1) is 0 Å². The van der Waals surface area contributed by atoms with Crippen LogP contribution in [-0.4, -0.2) is 58.5 Å². The van der Waals surface area contributed by atoms with Gasteiger partial charge in [-0.2, -0.15) is 5.10 Å². The summed E-state index contributed by atoms with van der Waals surface area (Å²) in [6.45, 7) is 2.72. The predicted octanol–water partition coefficient (Wildman–Crippen LogP) is 3.13. The summed E-state index contributed by atoms with van der Waals surface area (Å²) in [6, 6.07) is 6.04. The number of aromatic nitrogens is 4. The Morgan fingerprint density at radius 2 is 2.00 bits per heavy atom. The molecular weight excluding hydrogens is 442 g/mol. The number of carbonyl (C=O) groups is 1. The second-order valence-electron chi connectivity index (χ2n) is 8.96. The number of aryl methyl sites for hydroxylation is 3. The van der Waals surface area contributed by atoms with E-state index in [1.165, 1.54) is 7.11 Å². The Bertz CT molecular complexity index is 1270. The van der Waals surface area contributed by atoms with E-state index >= 15 is 0 Å². The van der Waals surface area contributed by atoms with E-state index in [1.54, 1.807) is 11.1 Å². The van der Waals surface area contributed by atoms with Crippen LogP contribution in [0.25, 0.3) is 11.0 Å². The highest BCUT2D eigenvalue weighted by molar-refractivity contribution is 7.91. The molecule has 0 radical (unpaired) electrons. The first-order valence-corrected chi connectivity index (χ1v) is 13.3. The first-order valence-electron chi connectivity index (χ1n) is 11.5. The molecule has 1 amide bonds. The Morgan fingerprint density at radius 1 is 1.21 bits per heavy atom. The Morgan fingerprint density at radius 3 is 2.70 bits per heavy atom. The van der Waals surface area contributed by atoms with Crippen molar-refractivity contribution < 1.29 is 17.9 Å². The average Bonchev–Trinajstić information content (AvgIpc) is 3.44. The summed E-state index contributed by atoms with van der Waals surface area (Å²) >= 11 is 0. The lowest BCUT2D eigenvalue weighted by Crippen LogP contribution is -2.42. The normalized spacial score (nSPS) is 20.7. The molecule has 10 heteroatoms. The number of amides is 1. The molecule has 2 aromatic heterocycles. The molecule has 2 aliphatic heterocycles. The van der Waals surface area contributed by atoms with Gasteiger partial charge in [-0.25, -0.2) is 18.2 Å². The van der Waals surface area contributed by atoms with Crippen molar-refractivity contribution in [2.24, 2.45) is 0 Å². The number of carbonyl (C=O) groups excluding carboxylic acids is 1. The minimum absolute atomic E-state index is 0.0484. The molecule has 9 nitrogen and oxygen atoms in total. The van der Waals surface area contributed by atoms with Crippen LogP contribution in [0.3, 0.4) is 0 Å². The molecule has 5 rings (SSSR count). The van der Waals surface area contributed by atoms with E-state index < -0.39 is 9.84 Å². The van der Waals surface area contributed by atoms with Gasteiger partial charge in [0.2, 0.25) is 0 Å². The maximum absolute atomic E-state index is 12.5. The molecule has 33 heavy (non-hydrogen) atoms. The van der Waals surface area contributed by atoms with Crippen LogP contribution in [-0.2, 0) is 34.0 Å². The molecule has 0 N–H and O–H groups in total. The number of anilines is 1. The third kappa shape index (κ3) is 4.01. The molecule has 1 fully saturated rings. The Kier molecular flexibility index (Phi) is 5.64. The van der Waals surface area contributed by atoms with E-state index in [2.05, 4.69) is 9.67 Å². The zero-order valence-electron chi connectivity index (χ0n) is 19.0. The van der Waals surface area contributed by atoms with E-state index in [-0.39, 0.29) is 29.7 Å². The van der Waals surface area contributed by atoms with Gasteiger partial charge in [0.05, 0.1) is 35.3 Å². The smallest absolute Gasteiger partial charge is 0.414 e. The molecule has 0 saturated carbocycles. The van der Waals surface area contributed by atoms with Gasteiger partial charge in [-0.3, -0.25) is 9.58 Å². The van der Waals surface area contributed by atoms with Crippen LogP contribution >= 0.6 is 0 Å². The number of fused-ring (bicyclic) bond motifs is 3. The quantitative estimate of drug-likeness (QED) is 0.580. The van der Waals surface area contributed by atoms with Crippen LogP contribution in [0.4, 0.5) is 10.5 Å². The predicted molar refractivity (Wildman–Crippen MR) is 125 cm³/mol. The number of imidazole rings is 1. The third-order valence-electron chi connectivity index (χ3n) is 6.91. The lowest BCUT2D eigenvalue weighted by Gasteiger charge is -2.34. The lowest BCUT2D eigenvalue weighted by atomic mass is 9.95. The lowest BCUT2D eigenvalue weighted by molar-refractivity contribution is 0.175. The number of nitrogens with zero attached hydrogens (tertiary/aromatic N) is 5. The highest BCUT2D eigenvalue weighted by atomic mass is 32.2. The van der Waals surface area contributed by atoms with Gasteiger partial charge >= 0.3 is 6.09 Å². The van der Waals surface area contributed by atoms with E-state index in [0.29, 0.717) is 25.8 Å². The van der Waals surface area contributed by atoms with Crippen molar-refractivity contribution in [3.05, 3.63) is 42.0 Å². The van der Waals surface area contributed by atoms with Crippen molar-refractivity contribution in [1.29, 1.82) is 0 Å². The van der Waals surface area contributed by atoms with Crippen LogP contribution in [0.2, 0.25) is 0 Å². The van der Waals surface area contributed by atoms with Gasteiger partial charge in [-0.05, 0) is 50.8 Å². The highest BCUT2D eigenvalue weighted by Crippen LogP contribution is 2.38. The minimum atomic E-state index is -2.97.